The Bertz CT molecular complexity index is 1270. The maximum atomic E-state index is 4.37. The van der Waals surface area contributed by atoms with Crippen LogP contribution in [0.2, 0.25) is 0 Å². The highest BCUT2D eigenvalue weighted by Gasteiger charge is 2.33. The van der Waals surface area contributed by atoms with Crippen LogP contribution in [0.5, 0.6) is 0 Å². The van der Waals surface area contributed by atoms with Crippen LogP contribution in [0, 0.1) is 0 Å². The average molecular weight is 341 g/mol. The minimum atomic E-state index is 0.870. The fourth-order valence-electron chi connectivity index (χ4n) is 3.80. The van der Waals surface area contributed by atoms with Gasteiger partial charge in [-0.3, -0.25) is 9.97 Å². The van der Waals surface area contributed by atoms with Crippen molar-refractivity contribution in [3.63, 3.8) is 0 Å². The predicted octanol–water partition coefficient (Wildman–Crippen LogP) is 3.95. The molecule has 1 aromatic carbocycles. The van der Waals surface area contributed by atoms with Gasteiger partial charge in [-0.2, -0.15) is 4.57 Å². The third-order valence-corrected chi connectivity index (χ3v) is 6.12. The van der Waals surface area contributed by atoms with Crippen LogP contribution in [-0.2, 0) is 6.54 Å². The summed E-state index contributed by atoms with van der Waals surface area (Å²) >= 11 is 1.85. The summed E-state index contributed by atoms with van der Waals surface area (Å²) in [4.78, 5) is 8.67. The number of thiazole rings is 1. The number of fused-ring (bicyclic) bond motifs is 7. The molecule has 4 nitrogen and oxygen atoms in total. The van der Waals surface area contributed by atoms with Gasteiger partial charge in [-0.05, 0) is 18.2 Å². The van der Waals surface area contributed by atoms with Crippen molar-refractivity contribution in [3.05, 3.63) is 72.8 Å². The van der Waals surface area contributed by atoms with Gasteiger partial charge >= 0.3 is 5.65 Å². The van der Waals surface area contributed by atoms with Gasteiger partial charge in [0, 0.05) is 42.0 Å². The lowest BCUT2D eigenvalue weighted by Crippen LogP contribution is -2.32. The first-order valence-corrected chi connectivity index (χ1v) is 9.03. The van der Waals surface area contributed by atoms with Gasteiger partial charge in [0.2, 0.25) is 0 Å². The monoisotopic (exact) mass is 341 g/mol. The zero-order chi connectivity index (χ0) is 16.4. The highest BCUT2D eigenvalue weighted by atomic mass is 32.1. The molecule has 4 aromatic heterocycles. The Kier molecular flexibility index (Phi) is 2.51. The summed E-state index contributed by atoms with van der Waals surface area (Å²) < 4.78 is 6.06. The van der Waals surface area contributed by atoms with Crippen LogP contribution in [0.25, 0.3) is 37.5 Å². The zero-order valence-electron chi connectivity index (χ0n) is 13.3. The smallest absolute Gasteiger partial charge is 0.264 e. The van der Waals surface area contributed by atoms with Gasteiger partial charge in [0.05, 0.1) is 5.39 Å². The molecule has 0 fully saturated rings. The predicted molar refractivity (Wildman–Crippen MR) is 99.0 cm³/mol. The summed E-state index contributed by atoms with van der Waals surface area (Å²) in [6.07, 6.45) is 7.72. The van der Waals surface area contributed by atoms with Crippen molar-refractivity contribution < 1.29 is 4.57 Å². The first-order chi connectivity index (χ1) is 12.4. The van der Waals surface area contributed by atoms with Crippen molar-refractivity contribution >= 4 is 32.6 Å². The second-order valence-electron chi connectivity index (χ2n) is 6.24. The topological polar surface area (TPSA) is 34.6 Å². The number of aromatic nitrogens is 4. The van der Waals surface area contributed by atoms with Gasteiger partial charge < -0.3 is 0 Å². The van der Waals surface area contributed by atoms with Gasteiger partial charge in [0.15, 0.2) is 5.01 Å². The number of pyridine rings is 2. The number of benzene rings is 1. The van der Waals surface area contributed by atoms with Crippen LogP contribution in [0.1, 0.15) is 5.56 Å². The molecule has 0 saturated carbocycles. The van der Waals surface area contributed by atoms with Crippen molar-refractivity contribution in [1.29, 1.82) is 0 Å². The van der Waals surface area contributed by atoms with Crippen LogP contribution < -0.4 is 4.57 Å². The molecule has 0 aliphatic carbocycles. The Morgan fingerprint density at radius 2 is 1.80 bits per heavy atom. The first-order valence-electron chi connectivity index (χ1n) is 8.21. The van der Waals surface area contributed by atoms with E-state index >= 15 is 0 Å². The maximum absolute atomic E-state index is 4.37. The second-order valence-corrected chi connectivity index (χ2v) is 7.24. The summed E-state index contributed by atoms with van der Waals surface area (Å²) in [5.74, 6) is 0. The number of para-hydroxylation sites is 1. The van der Waals surface area contributed by atoms with E-state index in [4.69, 9.17) is 0 Å². The van der Waals surface area contributed by atoms with Gasteiger partial charge in [0.25, 0.3) is 0 Å². The molecule has 0 unspecified atom stereocenters. The molecule has 0 atom stereocenters. The summed E-state index contributed by atoms with van der Waals surface area (Å²) in [6.45, 7) is 0.870. The molecular formula is C20H13N4S+. The molecule has 0 spiro atoms. The van der Waals surface area contributed by atoms with E-state index in [1.54, 1.807) is 0 Å². The largest absolute Gasteiger partial charge is 0.307 e. The second kappa shape index (κ2) is 4.74. The maximum Gasteiger partial charge on any atom is 0.307 e. The standard InChI is InChI=1S/C20H13N4S/c1-2-4-14(5-3-1)24-17-7-9-22-11-16(17)18-19(24)23-12-13-10-21-8-6-15(13)20(23)25-18/h1-11H,12H2/q+1. The van der Waals surface area contributed by atoms with Gasteiger partial charge in [0.1, 0.15) is 22.4 Å². The van der Waals surface area contributed by atoms with Crippen LogP contribution in [-0.4, -0.2) is 14.5 Å². The van der Waals surface area contributed by atoms with Crippen molar-refractivity contribution in [2.75, 3.05) is 0 Å². The molecular weight excluding hydrogens is 328 g/mol. The molecule has 0 amide bonds. The summed E-state index contributed by atoms with van der Waals surface area (Å²) in [5, 5.41) is 2.52. The molecule has 0 saturated heterocycles. The molecule has 5 aromatic rings. The normalized spacial score (nSPS) is 12.6. The Morgan fingerprint density at radius 3 is 2.72 bits per heavy atom. The molecule has 5 heterocycles. The molecule has 0 bridgehead atoms. The molecule has 1 aliphatic heterocycles. The third-order valence-electron chi connectivity index (χ3n) is 4.87. The van der Waals surface area contributed by atoms with Crippen LogP contribution in [0.4, 0.5) is 0 Å². The van der Waals surface area contributed by atoms with E-state index in [9.17, 15) is 0 Å². The molecule has 6 rings (SSSR count). The highest BCUT2D eigenvalue weighted by Crippen LogP contribution is 2.40. The number of nitrogens with zero attached hydrogens (tertiary/aromatic N) is 4. The fraction of sp³-hybridized carbons (Fsp3) is 0.0500. The van der Waals surface area contributed by atoms with Gasteiger partial charge in [-0.1, -0.05) is 29.5 Å². The van der Waals surface area contributed by atoms with Crippen molar-refractivity contribution in [1.82, 2.24) is 14.5 Å². The fourth-order valence-corrected chi connectivity index (χ4v) is 5.13. The van der Waals surface area contributed by atoms with Crippen LogP contribution >= 0.6 is 11.3 Å². The van der Waals surface area contributed by atoms with E-state index in [0.717, 1.165) is 6.54 Å². The minimum Gasteiger partial charge on any atom is -0.264 e. The minimum absolute atomic E-state index is 0.870. The average Bonchev–Trinajstić information content (AvgIpc) is 3.30. The molecule has 25 heavy (non-hydrogen) atoms. The van der Waals surface area contributed by atoms with Gasteiger partial charge in [-0.15, -0.1) is 0 Å². The molecule has 1 aliphatic rings. The van der Waals surface area contributed by atoms with Gasteiger partial charge in [-0.25, -0.2) is 4.57 Å². The van der Waals surface area contributed by atoms with Crippen LogP contribution in [0.15, 0.2) is 67.3 Å². The number of hydrogen-bond donors (Lipinski definition) is 0. The van der Waals surface area contributed by atoms with E-state index < -0.39 is 0 Å². The zero-order valence-corrected chi connectivity index (χ0v) is 14.1. The lowest BCUT2D eigenvalue weighted by Gasteiger charge is -2.00. The van der Waals surface area contributed by atoms with Crippen molar-refractivity contribution in [2.45, 2.75) is 6.54 Å². The lowest BCUT2D eigenvalue weighted by molar-refractivity contribution is -0.644. The Balaban J connectivity index is 1.79. The Morgan fingerprint density at radius 1 is 0.960 bits per heavy atom. The van der Waals surface area contributed by atoms with Crippen molar-refractivity contribution in [2.24, 2.45) is 0 Å². The van der Waals surface area contributed by atoms with E-state index in [2.05, 4.69) is 61.6 Å². The molecule has 118 valence electrons. The third kappa shape index (κ3) is 1.68. The number of rotatable bonds is 1. The summed E-state index contributed by atoms with van der Waals surface area (Å²) in [7, 11) is 0. The Hall–Kier alpha value is -3.05. The van der Waals surface area contributed by atoms with E-state index in [1.165, 1.54) is 43.1 Å². The highest BCUT2D eigenvalue weighted by molar-refractivity contribution is 7.22. The molecule has 0 radical (unpaired) electrons. The number of hydrogen-bond acceptors (Lipinski definition) is 3. The summed E-state index contributed by atoms with van der Waals surface area (Å²) in [5.41, 5.74) is 6.21. The van der Waals surface area contributed by atoms with E-state index in [1.807, 2.05) is 36.1 Å². The first kappa shape index (κ1) is 13.3. The van der Waals surface area contributed by atoms with Crippen molar-refractivity contribution in [3.8, 4) is 16.3 Å². The quantitative estimate of drug-likeness (QED) is 0.424. The molecule has 0 N–H and O–H groups in total. The Labute approximate surface area is 147 Å². The lowest BCUT2D eigenvalue weighted by atomic mass is 10.2. The summed E-state index contributed by atoms with van der Waals surface area (Å²) in [6, 6.07) is 14.8. The van der Waals surface area contributed by atoms with E-state index in [-0.39, 0.29) is 0 Å². The van der Waals surface area contributed by atoms with Crippen LogP contribution in [0.3, 0.4) is 0 Å². The van der Waals surface area contributed by atoms with E-state index in [0.29, 0.717) is 0 Å². The molecule has 5 heteroatoms. The SMILES string of the molecule is c1ccc(-n2c3ccncc3c3sc4[n+](c32)Cc2cnccc2-4)cc1.